The fraction of sp³-hybridized carbons (Fsp3) is 0.385. The van der Waals surface area contributed by atoms with E-state index in [0.29, 0.717) is 45.6 Å². The van der Waals surface area contributed by atoms with Gasteiger partial charge in [-0.1, -0.05) is 0 Å². The maximum atomic E-state index is 12.5. The molecule has 2 amide bonds. The largest absolute Gasteiger partial charge is 0.493 e. The third kappa shape index (κ3) is 8.43. The molecule has 212 valence electrons. The van der Waals surface area contributed by atoms with Crippen molar-refractivity contribution in [3.63, 3.8) is 0 Å². The van der Waals surface area contributed by atoms with Gasteiger partial charge < -0.3 is 28.4 Å². The minimum absolute atomic E-state index is 0.371. The Morgan fingerprint density at radius 3 is 1.21 bits per heavy atom. The van der Waals surface area contributed by atoms with Gasteiger partial charge in [0, 0.05) is 11.1 Å². The Kier molecular flexibility index (Phi) is 12.2. The molecule has 2 rings (SSSR count). The lowest BCUT2D eigenvalue weighted by Gasteiger charge is -2.15. The number of nitrogens with zero attached hydrogens (tertiary/aromatic N) is 2. The Morgan fingerprint density at radius 1 is 0.641 bits per heavy atom. The fourth-order valence-electron chi connectivity index (χ4n) is 3.30. The molecule has 2 aromatic rings. The molecule has 2 aromatic carbocycles. The van der Waals surface area contributed by atoms with E-state index in [9.17, 15) is 9.59 Å². The summed E-state index contributed by atoms with van der Waals surface area (Å²) in [7, 11) is 9.06. The van der Waals surface area contributed by atoms with Crippen LogP contribution in [0.1, 0.15) is 25.0 Å². The Bertz CT molecular complexity index is 1060. The predicted octanol–water partition coefficient (Wildman–Crippen LogP) is 2.85. The molecule has 0 saturated carbocycles. The summed E-state index contributed by atoms with van der Waals surface area (Å²) in [5, 5.41) is 6.87. The number of hydrazone groups is 2. The van der Waals surface area contributed by atoms with Gasteiger partial charge in [-0.15, -0.1) is 11.8 Å². The third-order valence-corrected chi connectivity index (χ3v) is 6.54. The van der Waals surface area contributed by atoms with Crippen LogP contribution in [0.4, 0.5) is 0 Å². The number of carbonyl (C=O) groups is 2. The average molecular weight is 563 g/mol. The smallest absolute Gasteiger partial charge is 0.252 e. The molecule has 0 aliphatic rings. The van der Waals surface area contributed by atoms with Gasteiger partial charge in [-0.3, -0.25) is 9.59 Å². The van der Waals surface area contributed by atoms with Crippen LogP contribution in [0.5, 0.6) is 34.5 Å². The fourth-order valence-corrected chi connectivity index (χ4v) is 4.27. The third-order valence-electron chi connectivity index (χ3n) is 5.30. The van der Waals surface area contributed by atoms with E-state index in [1.807, 2.05) is 0 Å². The monoisotopic (exact) mass is 562 g/mol. The Balaban J connectivity index is 1.94. The van der Waals surface area contributed by atoms with E-state index in [2.05, 4.69) is 21.1 Å². The van der Waals surface area contributed by atoms with Crippen molar-refractivity contribution in [3.8, 4) is 34.5 Å². The van der Waals surface area contributed by atoms with Crippen LogP contribution in [0.25, 0.3) is 0 Å². The molecular formula is C26H34N4O8S. The van der Waals surface area contributed by atoms with Gasteiger partial charge in [-0.25, -0.2) is 10.9 Å². The number of rotatable bonds is 14. The normalized spacial score (nSPS) is 12.5. The summed E-state index contributed by atoms with van der Waals surface area (Å²) in [6.45, 7) is 3.36. The first-order valence-corrected chi connectivity index (χ1v) is 12.6. The Hall–Kier alpha value is -4.13. The molecule has 0 aliphatic carbocycles. The summed E-state index contributed by atoms with van der Waals surface area (Å²) in [6, 6.07) is 6.78. The zero-order valence-corrected chi connectivity index (χ0v) is 24.0. The highest BCUT2D eigenvalue weighted by Gasteiger charge is 2.21. The maximum Gasteiger partial charge on any atom is 0.252 e. The van der Waals surface area contributed by atoms with Crippen molar-refractivity contribution in [3.05, 3.63) is 35.4 Å². The lowest BCUT2D eigenvalue weighted by atomic mass is 10.2. The number of nitrogens with one attached hydrogen (secondary N) is 2. The van der Waals surface area contributed by atoms with Gasteiger partial charge in [0.05, 0.1) is 65.6 Å². The van der Waals surface area contributed by atoms with Gasteiger partial charge >= 0.3 is 0 Å². The maximum absolute atomic E-state index is 12.5. The number of benzene rings is 2. The standard InChI is InChI=1S/C26H34N4O8S/c1-15(25(31)29-27-13-17-9-19(33-3)23(37-7)20(10-17)34-4)39-16(2)26(32)30-28-14-18-11-21(35-5)24(38-8)22(12-18)36-6/h9-16H,1-8H3,(H,29,31)(H,30,32)/b27-13+,28-14+. The summed E-state index contributed by atoms with van der Waals surface area (Å²) in [5.41, 5.74) is 6.21. The molecule has 0 spiro atoms. The molecule has 2 unspecified atom stereocenters. The molecule has 2 N–H and O–H groups in total. The number of thioether (sulfide) groups is 1. The second-order valence-electron chi connectivity index (χ2n) is 7.81. The van der Waals surface area contributed by atoms with E-state index in [-0.39, 0.29) is 11.8 Å². The zero-order chi connectivity index (χ0) is 28.9. The summed E-state index contributed by atoms with van der Waals surface area (Å²) in [6.07, 6.45) is 2.90. The molecule has 0 bridgehead atoms. The van der Waals surface area contributed by atoms with Crippen molar-refractivity contribution in [2.45, 2.75) is 24.3 Å². The van der Waals surface area contributed by atoms with Crippen molar-refractivity contribution in [1.29, 1.82) is 0 Å². The highest BCUT2D eigenvalue weighted by atomic mass is 32.2. The van der Waals surface area contributed by atoms with E-state index in [1.54, 1.807) is 38.1 Å². The number of hydrogen-bond donors (Lipinski definition) is 2. The Labute approximate surface area is 232 Å². The van der Waals surface area contributed by atoms with Crippen LogP contribution in [0.3, 0.4) is 0 Å². The second-order valence-corrected chi connectivity index (χ2v) is 9.49. The van der Waals surface area contributed by atoms with E-state index in [4.69, 9.17) is 28.4 Å². The van der Waals surface area contributed by atoms with Crippen LogP contribution in [-0.2, 0) is 9.59 Å². The summed E-state index contributed by atoms with van der Waals surface area (Å²) in [4.78, 5) is 25.0. The molecule has 12 nitrogen and oxygen atoms in total. The minimum atomic E-state index is -0.568. The Morgan fingerprint density at radius 2 is 0.949 bits per heavy atom. The van der Waals surface area contributed by atoms with E-state index in [0.717, 1.165) is 11.8 Å². The first-order valence-electron chi connectivity index (χ1n) is 11.6. The molecule has 13 heteroatoms. The van der Waals surface area contributed by atoms with Crippen LogP contribution in [-0.4, -0.2) is 77.4 Å². The highest BCUT2D eigenvalue weighted by Crippen LogP contribution is 2.38. The molecule has 39 heavy (non-hydrogen) atoms. The summed E-state index contributed by atoms with van der Waals surface area (Å²) < 4.78 is 31.8. The number of hydrogen-bond acceptors (Lipinski definition) is 11. The topological polar surface area (TPSA) is 138 Å². The first-order chi connectivity index (χ1) is 18.7. The number of methoxy groups -OCH3 is 6. The van der Waals surface area contributed by atoms with Crippen LogP contribution >= 0.6 is 11.8 Å². The molecule has 0 radical (unpaired) electrons. The van der Waals surface area contributed by atoms with Crippen LogP contribution < -0.4 is 39.3 Å². The average Bonchev–Trinajstić information content (AvgIpc) is 2.95. The molecular weight excluding hydrogens is 528 g/mol. The van der Waals surface area contributed by atoms with Crippen molar-refractivity contribution in [2.24, 2.45) is 10.2 Å². The van der Waals surface area contributed by atoms with Gasteiger partial charge in [-0.2, -0.15) is 10.2 Å². The van der Waals surface area contributed by atoms with Crippen molar-refractivity contribution >= 4 is 36.0 Å². The predicted molar refractivity (Wildman–Crippen MR) is 150 cm³/mol. The number of carbonyl (C=O) groups excluding carboxylic acids is 2. The van der Waals surface area contributed by atoms with Gasteiger partial charge in [0.15, 0.2) is 23.0 Å². The molecule has 2 atom stereocenters. The van der Waals surface area contributed by atoms with E-state index < -0.39 is 10.5 Å². The quantitative estimate of drug-likeness (QED) is 0.263. The summed E-state index contributed by atoms with van der Waals surface area (Å²) in [5.74, 6) is 2.00. The van der Waals surface area contributed by atoms with Gasteiger partial charge in [0.25, 0.3) is 11.8 Å². The minimum Gasteiger partial charge on any atom is -0.493 e. The van der Waals surface area contributed by atoms with Gasteiger partial charge in [0.1, 0.15) is 0 Å². The SMILES string of the molecule is COc1cc(/C=N/NC(=O)C(C)SC(C)C(=O)N/N=C/c2cc(OC)c(OC)c(OC)c2)cc(OC)c1OC. The lowest BCUT2D eigenvalue weighted by molar-refractivity contribution is -0.120. The first kappa shape index (κ1) is 31.1. The van der Waals surface area contributed by atoms with E-state index in [1.165, 1.54) is 55.1 Å². The molecule has 0 aromatic heterocycles. The van der Waals surface area contributed by atoms with Gasteiger partial charge in [-0.05, 0) is 38.1 Å². The lowest BCUT2D eigenvalue weighted by Crippen LogP contribution is -2.33. The van der Waals surface area contributed by atoms with Crippen molar-refractivity contribution < 1.29 is 38.0 Å². The zero-order valence-electron chi connectivity index (χ0n) is 23.2. The highest BCUT2D eigenvalue weighted by molar-refractivity contribution is 8.01. The molecule has 0 fully saturated rings. The van der Waals surface area contributed by atoms with Crippen LogP contribution in [0.2, 0.25) is 0 Å². The van der Waals surface area contributed by atoms with Crippen molar-refractivity contribution in [1.82, 2.24) is 10.9 Å². The van der Waals surface area contributed by atoms with E-state index >= 15 is 0 Å². The molecule has 0 saturated heterocycles. The van der Waals surface area contributed by atoms with Crippen LogP contribution in [0, 0.1) is 0 Å². The van der Waals surface area contributed by atoms with Crippen molar-refractivity contribution in [2.75, 3.05) is 42.7 Å². The van der Waals surface area contributed by atoms with Gasteiger partial charge in [0.2, 0.25) is 11.5 Å². The van der Waals surface area contributed by atoms with Crippen LogP contribution in [0.15, 0.2) is 34.5 Å². The molecule has 0 heterocycles. The number of amides is 2. The molecule has 0 aliphatic heterocycles. The number of ether oxygens (including phenoxy) is 6. The second kappa shape index (κ2) is 15.3. The summed E-state index contributed by atoms with van der Waals surface area (Å²) >= 11 is 1.16.